The van der Waals surface area contributed by atoms with E-state index in [9.17, 15) is 35.8 Å². The van der Waals surface area contributed by atoms with Crippen molar-refractivity contribution in [3.63, 3.8) is 0 Å². The van der Waals surface area contributed by atoms with Gasteiger partial charge in [0.25, 0.3) is 5.67 Å². The summed E-state index contributed by atoms with van der Waals surface area (Å²) in [5.41, 5.74) is -14.1. The zero-order valence-corrected chi connectivity index (χ0v) is 11.7. The molecule has 4 unspecified atom stereocenters. The lowest BCUT2D eigenvalue weighted by molar-refractivity contribution is -0.445. The Morgan fingerprint density at radius 1 is 0.760 bits per heavy atom. The molecule has 2 nitrogen and oxygen atoms in total. The number of hydrogen-bond acceptors (Lipinski definition) is 2. The SMILES string of the molecule is OC1(F)C2=CC=C3C=CC=C(F)C3(F)C2(F)C(F)(F)C(O)(F)C1(F)F. The van der Waals surface area contributed by atoms with Crippen molar-refractivity contribution in [1.29, 1.82) is 0 Å². The van der Waals surface area contributed by atoms with Crippen LogP contribution in [0.2, 0.25) is 0 Å². The van der Waals surface area contributed by atoms with Gasteiger partial charge in [-0.15, -0.1) is 0 Å². The second kappa shape index (κ2) is 4.32. The zero-order chi connectivity index (χ0) is 19.3. The molecule has 0 bridgehead atoms. The first-order valence-electron chi connectivity index (χ1n) is 6.55. The Kier molecular flexibility index (Phi) is 3.12. The van der Waals surface area contributed by atoms with Crippen LogP contribution in [0.15, 0.2) is 47.4 Å². The predicted octanol–water partition coefficient (Wildman–Crippen LogP) is 3.29. The molecule has 11 heteroatoms. The van der Waals surface area contributed by atoms with Crippen molar-refractivity contribution in [3.05, 3.63) is 47.4 Å². The number of halogens is 9. The summed E-state index contributed by atoms with van der Waals surface area (Å²) in [5.74, 6) is -27.0. The van der Waals surface area contributed by atoms with Gasteiger partial charge in [0.1, 0.15) is 5.83 Å². The van der Waals surface area contributed by atoms with E-state index in [2.05, 4.69) is 0 Å². The second-order valence-electron chi connectivity index (χ2n) is 5.79. The van der Waals surface area contributed by atoms with Gasteiger partial charge in [-0.05, 0) is 11.6 Å². The summed E-state index contributed by atoms with van der Waals surface area (Å²) < 4.78 is 128. The van der Waals surface area contributed by atoms with Gasteiger partial charge >= 0.3 is 23.6 Å². The molecule has 0 radical (unpaired) electrons. The Hall–Kier alpha value is -1.75. The first-order chi connectivity index (χ1) is 11.1. The first kappa shape index (κ1) is 18.1. The smallest absolute Gasteiger partial charge is 0.354 e. The van der Waals surface area contributed by atoms with Crippen LogP contribution < -0.4 is 0 Å². The van der Waals surface area contributed by atoms with Gasteiger partial charge in [0.05, 0.1) is 0 Å². The van der Waals surface area contributed by atoms with E-state index in [1.807, 2.05) is 0 Å². The minimum absolute atomic E-state index is 0.124. The Morgan fingerprint density at radius 2 is 1.32 bits per heavy atom. The maximum atomic E-state index is 15.2. The number of rotatable bonds is 0. The molecule has 0 aromatic rings. The summed E-state index contributed by atoms with van der Waals surface area (Å²) in [7, 11) is 0. The van der Waals surface area contributed by atoms with Gasteiger partial charge in [-0.1, -0.05) is 24.3 Å². The van der Waals surface area contributed by atoms with E-state index in [0.29, 0.717) is 6.08 Å². The van der Waals surface area contributed by atoms with Gasteiger partial charge in [0, 0.05) is 5.57 Å². The van der Waals surface area contributed by atoms with Crippen LogP contribution in [0.1, 0.15) is 0 Å². The Bertz CT molecular complexity index is 777. The fraction of sp³-hybridized carbons (Fsp3) is 0.429. The molecule has 3 rings (SSSR count). The van der Waals surface area contributed by atoms with Gasteiger partial charge in [0.2, 0.25) is 5.67 Å². The molecular weight excluding hydrogens is 371 g/mol. The largest absolute Gasteiger partial charge is 0.373 e. The average molecular weight is 378 g/mol. The summed E-state index contributed by atoms with van der Waals surface area (Å²) in [4.78, 5) is 0. The summed E-state index contributed by atoms with van der Waals surface area (Å²) in [6.45, 7) is 0. The van der Waals surface area contributed by atoms with Crippen molar-refractivity contribution in [3.8, 4) is 0 Å². The summed E-state index contributed by atoms with van der Waals surface area (Å²) in [6.07, 6.45) is 1.51. The molecule has 3 aliphatic rings. The van der Waals surface area contributed by atoms with Gasteiger partial charge in [-0.25, -0.2) is 13.2 Å². The van der Waals surface area contributed by atoms with E-state index in [-0.39, 0.29) is 18.2 Å². The van der Waals surface area contributed by atoms with Crippen LogP contribution in [0, 0.1) is 0 Å². The van der Waals surface area contributed by atoms with Gasteiger partial charge in [-0.2, -0.15) is 26.3 Å². The molecule has 0 spiro atoms. The van der Waals surface area contributed by atoms with Crippen molar-refractivity contribution in [2.75, 3.05) is 0 Å². The van der Waals surface area contributed by atoms with E-state index < -0.39 is 51.9 Å². The molecule has 138 valence electrons. The van der Waals surface area contributed by atoms with Crippen molar-refractivity contribution >= 4 is 0 Å². The van der Waals surface area contributed by atoms with Crippen LogP contribution in [0.3, 0.4) is 0 Å². The normalized spacial score (nSPS) is 47.2. The Labute approximate surface area is 133 Å². The van der Waals surface area contributed by atoms with Crippen LogP contribution >= 0.6 is 0 Å². The van der Waals surface area contributed by atoms with E-state index in [1.54, 1.807) is 0 Å². The van der Waals surface area contributed by atoms with Crippen molar-refractivity contribution in [2.45, 2.75) is 34.9 Å². The fourth-order valence-corrected chi connectivity index (χ4v) is 3.15. The van der Waals surface area contributed by atoms with Crippen molar-refractivity contribution in [1.82, 2.24) is 0 Å². The highest BCUT2D eigenvalue weighted by Gasteiger charge is 2.95. The number of hydrogen-bond donors (Lipinski definition) is 2. The number of allylic oxidation sites excluding steroid dienone is 7. The molecule has 1 fully saturated rings. The van der Waals surface area contributed by atoms with Gasteiger partial charge in [-0.3, -0.25) is 0 Å². The third-order valence-corrected chi connectivity index (χ3v) is 4.56. The number of alkyl halides is 8. The summed E-state index contributed by atoms with van der Waals surface area (Å²) in [5, 5.41) is 18.1. The highest BCUT2D eigenvalue weighted by atomic mass is 19.3. The quantitative estimate of drug-likeness (QED) is 0.636. The molecule has 4 atom stereocenters. The van der Waals surface area contributed by atoms with E-state index in [4.69, 9.17) is 5.11 Å². The highest BCUT2D eigenvalue weighted by Crippen LogP contribution is 2.70. The van der Waals surface area contributed by atoms with Crippen LogP contribution in [0.4, 0.5) is 39.5 Å². The lowest BCUT2D eigenvalue weighted by atomic mass is 9.59. The molecule has 3 aliphatic carbocycles. The molecule has 0 saturated heterocycles. The standard InChI is InChI=1S/C14H7F9O2/c15-8-3-1-2-6-4-5-7-10(17,9(6,8)16)12(19,20)14(23,25)13(21,22)11(7,18)24/h1-5,24-25H. The average Bonchev–Trinajstić information content (AvgIpc) is 2.48. The molecule has 2 N–H and O–H groups in total. The lowest BCUT2D eigenvalue weighted by Gasteiger charge is -2.56. The molecule has 0 aromatic heterocycles. The first-order valence-corrected chi connectivity index (χ1v) is 6.55. The van der Waals surface area contributed by atoms with E-state index >= 15 is 8.78 Å². The van der Waals surface area contributed by atoms with Crippen molar-refractivity contribution in [2.24, 2.45) is 0 Å². The number of fused-ring (bicyclic) bond motifs is 3. The monoisotopic (exact) mass is 378 g/mol. The van der Waals surface area contributed by atoms with Crippen molar-refractivity contribution < 1.29 is 49.7 Å². The molecular formula is C14H7F9O2. The predicted molar refractivity (Wildman–Crippen MR) is 64.2 cm³/mol. The molecule has 0 amide bonds. The molecule has 25 heavy (non-hydrogen) atoms. The third kappa shape index (κ3) is 1.49. The van der Waals surface area contributed by atoms with Crippen LogP contribution in [0.5, 0.6) is 0 Å². The Balaban J connectivity index is 2.46. The molecule has 0 aromatic carbocycles. The van der Waals surface area contributed by atoms with Crippen LogP contribution in [0.25, 0.3) is 0 Å². The minimum atomic E-state index is -6.40. The number of aliphatic hydroxyl groups is 2. The van der Waals surface area contributed by atoms with E-state index in [1.165, 1.54) is 0 Å². The summed E-state index contributed by atoms with van der Waals surface area (Å²) >= 11 is 0. The van der Waals surface area contributed by atoms with E-state index in [0.717, 1.165) is 6.08 Å². The fourth-order valence-electron chi connectivity index (χ4n) is 3.15. The van der Waals surface area contributed by atoms with Crippen LogP contribution in [-0.2, 0) is 0 Å². The topological polar surface area (TPSA) is 40.5 Å². The maximum absolute atomic E-state index is 15.2. The maximum Gasteiger partial charge on any atom is 0.373 e. The third-order valence-electron chi connectivity index (χ3n) is 4.56. The Morgan fingerprint density at radius 3 is 1.88 bits per heavy atom. The van der Waals surface area contributed by atoms with Crippen LogP contribution in [-0.4, -0.2) is 45.1 Å². The van der Waals surface area contributed by atoms with Gasteiger partial charge in [0.15, 0.2) is 0 Å². The lowest BCUT2D eigenvalue weighted by Crippen LogP contribution is -2.83. The summed E-state index contributed by atoms with van der Waals surface area (Å²) in [6, 6.07) is 0. The minimum Gasteiger partial charge on any atom is -0.354 e. The molecule has 0 heterocycles. The van der Waals surface area contributed by atoms with Gasteiger partial charge < -0.3 is 10.2 Å². The molecule has 0 aliphatic heterocycles. The molecule has 1 saturated carbocycles. The zero-order valence-electron chi connectivity index (χ0n) is 11.7. The highest BCUT2D eigenvalue weighted by molar-refractivity contribution is 5.60. The second-order valence-corrected chi connectivity index (χ2v) is 5.79.